The van der Waals surface area contributed by atoms with Crippen LogP contribution in [0.5, 0.6) is 5.88 Å². The van der Waals surface area contributed by atoms with Gasteiger partial charge in [-0.15, -0.1) is 0 Å². The number of amides is 1. The number of carbonyl (C=O) groups is 1. The number of rotatable bonds is 4. The Bertz CT molecular complexity index is 1710. The van der Waals surface area contributed by atoms with E-state index < -0.39 is 10.0 Å². The molecule has 0 saturated carbocycles. The van der Waals surface area contributed by atoms with E-state index in [2.05, 4.69) is 40.6 Å². The molecule has 0 fully saturated rings. The standard InChI is InChI=1S/C31H36N6O4S/c1-20-11-10-12-21(2)28(20)24-15-26-33-30(32-24)35-42(39,40)27-16-25(36(6)34-27)29(38)37(18-22-13-8-7-9-14-22)23(19-41-26)17-31(3,4)5/h7-16,23H,17-19H2,1-6H3,(H,32,33,35)/t23-/m1/s1. The number of nitrogens with zero attached hydrogens (tertiary/aromatic N) is 5. The van der Waals surface area contributed by atoms with E-state index in [1.54, 1.807) is 18.0 Å². The van der Waals surface area contributed by atoms with Crippen LogP contribution in [0.3, 0.4) is 0 Å². The molecule has 0 unspecified atom stereocenters. The van der Waals surface area contributed by atoms with Crippen molar-refractivity contribution in [1.29, 1.82) is 0 Å². The molecule has 11 heteroatoms. The predicted octanol–water partition coefficient (Wildman–Crippen LogP) is 5.13. The van der Waals surface area contributed by atoms with Gasteiger partial charge in [0.1, 0.15) is 12.3 Å². The SMILES string of the molecule is Cc1cccc(C)c1-c1cc2nc(n1)NS(=O)(=O)c1cc(n(C)n1)C(=O)N(Cc1ccccc1)[C@H](CC(C)(C)C)CO2. The van der Waals surface area contributed by atoms with Gasteiger partial charge >= 0.3 is 0 Å². The number of aromatic nitrogens is 4. The third-order valence-electron chi connectivity index (χ3n) is 7.19. The number of anilines is 1. The molecule has 1 aliphatic heterocycles. The van der Waals surface area contributed by atoms with Crippen LogP contribution in [0.4, 0.5) is 5.95 Å². The van der Waals surface area contributed by atoms with Crippen molar-refractivity contribution in [3.8, 4) is 17.1 Å². The average Bonchev–Trinajstić information content (AvgIpc) is 3.31. The molecule has 4 bridgehead atoms. The van der Waals surface area contributed by atoms with Gasteiger partial charge in [-0.2, -0.15) is 18.5 Å². The van der Waals surface area contributed by atoms with E-state index in [4.69, 9.17) is 4.74 Å². The molecule has 4 aromatic rings. The highest BCUT2D eigenvalue weighted by atomic mass is 32.2. The quantitative estimate of drug-likeness (QED) is 0.351. The lowest BCUT2D eigenvalue weighted by Gasteiger charge is -2.35. The minimum Gasteiger partial charge on any atom is -0.475 e. The molecule has 1 amide bonds. The van der Waals surface area contributed by atoms with Crippen LogP contribution < -0.4 is 9.46 Å². The van der Waals surface area contributed by atoms with Gasteiger partial charge < -0.3 is 9.64 Å². The Kier molecular flexibility index (Phi) is 7.80. The molecular formula is C31H36N6O4S. The Hall–Kier alpha value is -4.25. The van der Waals surface area contributed by atoms with Crippen LogP contribution in [-0.4, -0.2) is 51.6 Å². The van der Waals surface area contributed by atoms with Crippen molar-refractivity contribution in [2.24, 2.45) is 12.5 Å². The monoisotopic (exact) mass is 588 g/mol. The lowest BCUT2D eigenvalue weighted by atomic mass is 9.87. The second kappa shape index (κ2) is 11.2. The Labute approximate surface area is 246 Å². The van der Waals surface area contributed by atoms with E-state index in [-0.39, 0.29) is 46.5 Å². The van der Waals surface area contributed by atoms with Crippen LogP contribution in [0, 0.1) is 19.3 Å². The molecule has 1 aliphatic rings. The summed E-state index contributed by atoms with van der Waals surface area (Å²) in [5.74, 6) is -0.288. The fourth-order valence-corrected chi connectivity index (χ4v) is 6.21. The van der Waals surface area contributed by atoms with E-state index in [0.717, 1.165) is 22.3 Å². The molecule has 5 rings (SSSR count). The van der Waals surface area contributed by atoms with Crippen LogP contribution >= 0.6 is 0 Å². The van der Waals surface area contributed by atoms with Gasteiger partial charge in [0.25, 0.3) is 15.9 Å². The normalized spacial score (nSPS) is 17.0. The first-order valence-corrected chi connectivity index (χ1v) is 15.3. The van der Waals surface area contributed by atoms with Crippen molar-refractivity contribution < 1.29 is 17.9 Å². The first kappa shape index (κ1) is 29.2. The average molecular weight is 589 g/mol. The van der Waals surface area contributed by atoms with Gasteiger partial charge in [-0.1, -0.05) is 69.3 Å². The van der Waals surface area contributed by atoms with Crippen LogP contribution in [-0.2, 0) is 23.6 Å². The van der Waals surface area contributed by atoms with Gasteiger partial charge in [-0.25, -0.2) is 9.71 Å². The van der Waals surface area contributed by atoms with Gasteiger partial charge in [-0.3, -0.25) is 9.48 Å². The molecule has 2 aromatic carbocycles. The van der Waals surface area contributed by atoms with E-state index in [1.807, 2.05) is 62.4 Å². The zero-order valence-corrected chi connectivity index (χ0v) is 25.6. The van der Waals surface area contributed by atoms with Crippen molar-refractivity contribution in [2.75, 3.05) is 11.3 Å². The van der Waals surface area contributed by atoms with E-state index >= 15 is 0 Å². The highest BCUT2D eigenvalue weighted by Gasteiger charge is 2.33. The van der Waals surface area contributed by atoms with Gasteiger partial charge in [-0.05, 0) is 42.4 Å². The Balaban J connectivity index is 1.68. The van der Waals surface area contributed by atoms with E-state index in [1.165, 1.54) is 10.7 Å². The lowest BCUT2D eigenvalue weighted by Crippen LogP contribution is -2.45. The molecule has 0 saturated heterocycles. The number of hydrogen-bond acceptors (Lipinski definition) is 7. The largest absolute Gasteiger partial charge is 0.475 e. The topological polar surface area (TPSA) is 119 Å². The number of ether oxygens (including phenoxy) is 1. The molecule has 2 aromatic heterocycles. The molecule has 1 atom stereocenters. The van der Waals surface area contributed by atoms with Crippen LogP contribution in [0.15, 0.2) is 65.7 Å². The molecule has 0 radical (unpaired) electrons. The van der Waals surface area contributed by atoms with E-state index in [0.29, 0.717) is 18.7 Å². The Morgan fingerprint density at radius 1 is 1.00 bits per heavy atom. The summed E-state index contributed by atoms with van der Waals surface area (Å²) >= 11 is 0. The molecular weight excluding hydrogens is 552 g/mol. The summed E-state index contributed by atoms with van der Waals surface area (Å²) in [4.78, 5) is 24.9. The number of nitrogens with one attached hydrogen (secondary N) is 1. The number of sulfonamides is 1. The number of aryl methyl sites for hydroxylation is 3. The first-order chi connectivity index (χ1) is 19.8. The van der Waals surface area contributed by atoms with Crippen molar-refractivity contribution in [2.45, 2.75) is 58.7 Å². The summed E-state index contributed by atoms with van der Waals surface area (Å²) in [5, 5.41) is 3.90. The second-order valence-corrected chi connectivity index (χ2v) is 13.6. The van der Waals surface area contributed by atoms with Crippen LogP contribution in [0.1, 0.15) is 54.4 Å². The Morgan fingerprint density at radius 3 is 2.36 bits per heavy atom. The zero-order chi connectivity index (χ0) is 30.2. The summed E-state index contributed by atoms with van der Waals surface area (Å²) in [7, 11) is -2.67. The van der Waals surface area contributed by atoms with Crippen molar-refractivity contribution in [3.05, 3.63) is 83.0 Å². The van der Waals surface area contributed by atoms with Gasteiger partial charge in [0, 0.05) is 31.3 Å². The minimum atomic E-state index is -4.23. The molecule has 1 N–H and O–H groups in total. The molecule has 220 valence electrons. The fraction of sp³-hybridized carbons (Fsp3) is 0.355. The summed E-state index contributed by atoms with van der Waals surface area (Å²) < 4.78 is 37.0. The molecule has 42 heavy (non-hydrogen) atoms. The minimum absolute atomic E-state index is 0.135. The lowest BCUT2D eigenvalue weighted by molar-refractivity contribution is 0.0502. The number of benzene rings is 2. The summed E-state index contributed by atoms with van der Waals surface area (Å²) in [6.45, 7) is 10.7. The van der Waals surface area contributed by atoms with Crippen molar-refractivity contribution >= 4 is 21.9 Å². The summed E-state index contributed by atoms with van der Waals surface area (Å²) in [6, 6.07) is 18.2. The number of carbonyl (C=O) groups excluding carboxylic acids is 1. The predicted molar refractivity (Wildman–Crippen MR) is 161 cm³/mol. The second-order valence-electron chi connectivity index (χ2n) is 11.9. The summed E-state index contributed by atoms with van der Waals surface area (Å²) in [5.41, 5.74) is 4.27. The maximum atomic E-state index is 14.2. The molecule has 10 nitrogen and oxygen atoms in total. The summed E-state index contributed by atoms with van der Waals surface area (Å²) in [6.07, 6.45) is 0.620. The zero-order valence-electron chi connectivity index (χ0n) is 24.7. The Morgan fingerprint density at radius 2 is 1.69 bits per heavy atom. The van der Waals surface area contributed by atoms with Gasteiger partial charge in [0.2, 0.25) is 11.8 Å². The smallest absolute Gasteiger partial charge is 0.283 e. The maximum absolute atomic E-state index is 14.2. The fourth-order valence-electron chi connectivity index (χ4n) is 5.28. The molecule has 0 spiro atoms. The van der Waals surface area contributed by atoms with E-state index in [9.17, 15) is 13.2 Å². The number of hydrogen-bond donors (Lipinski definition) is 1. The highest BCUT2D eigenvalue weighted by molar-refractivity contribution is 7.92. The third-order valence-corrected chi connectivity index (χ3v) is 8.39. The number of fused-ring (bicyclic) bond motifs is 4. The van der Waals surface area contributed by atoms with Crippen LogP contribution in [0.25, 0.3) is 11.3 Å². The molecule has 0 aliphatic carbocycles. The van der Waals surface area contributed by atoms with Crippen LogP contribution in [0.2, 0.25) is 0 Å². The van der Waals surface area contributed by atoms with Crippen molar-refractivity contribution in [3.63, 3.8) is 0 Å². The highest BCUT2D eigenvalue weighted by Crippen LogP contribution is 2.31. The van der Waals surface area contributed by atoms with Gasteiger partial charge in [0.05, 0.1) is 11.7 Å². The maximum Gasteiger partial charge on any atom is 0.283 e. The first-order valence-electron chi connectivity index (χ1n) is 13.8. The third kappa shape index (κ3) is 6.30. The molecule has 3 heterocycles. The van der Waals surface area contributed by atoms with Crippen molar-refractivity contribution in [1.82, 2.24) is 24.6 Å². The van der Waals surface area contributed by atoms with Gasteiger partial charge in [0.15, 0.2) is 5.03 Å².